The summed E-state index contributed by atoms with van der Waals surface area (Å²) in [5.41, 5.74) is -1.57. The van der Waals surface area contributed by atoms with E-state index in [-0.39, 0.29) is 29.2 Å². The van der Waals surface area contributed by atoms with Crippen LogP contribution in [0.25, 0.3) is 22.6 Å². The van der Waals surface area contributed by atoms with E-state index in [0.29, 0.717) is 21.7 Å². The van der Waals surface area contributed by atoms with Gasteiger partial charge in [-0.25, -0.2) is 9.78 Å². The van der Waals surface area contributed by atoms with Crippen molar-refractivity contribution in [1.29, 1.82) is 0 Å². The van der Waals surface area contributed by atoms with Crippen LogP contribution in [0, 0.1) is 0 Å². The first-order valence-electron chi connectivity index (χ1n) is 11.5. The molecule has 192 valence electrons. The van der Waals surface area contributed by atoms with Crippen LogP contribution < -0.4 is 4.74 Å². The fourth-order valence-electron chi connectivity index (χ4n) is 4.20. The van der Waals surface area contributed by atoms with Crippen molar-refractivity contribution in [3.8, 4) is 17.2 Å². The first-order chi connectivity index (χ1) is 18.2. The molecule has 0 aliphatic carbocycles. The Labute approximate surface area is 220 Å². The smallest absolute Gasteiger partial charge is 0.416 e. The fourth-order valence-corrected chi connectivity index (χ4v) is 4.38. The van der Waals surface area contributed by atoms with E-state index in [1.165, 1.54) is 24.3 Å². The highest BCUT2D eigenvalue weighted by Crippen LogP contribution is 2.41. The van der Waals surface area contributed by atoms with Crippen LogP contribution in [0.5, 0.6) is 5.75 Å². The summed E-state index contributed by atoms with van der Waals surface area (Å²) in [6.45, 7) is 0. The Hall–Kier alpha value is -4.30. The second-order valence-corrected chi connectivity index (χ2v) is 9.04. The zero-order valence-corrected chi connectivity index (χ0v) is 20.3. The van der Waals surface area contributed by atoms with Crippen LogP contribution in [-0.2, 0) is 23.0 Å². The number of hydrogen-bond acceptors (Lipinski definition) is 4. The van der Waals surface area contributed by atoms with E-state index in [4.69, 9.17) is 20.8 Å². The molecular formula is C29H19ClF3NO4. The van der Waals surface area contributed by atoms with Crippen LogP contribution in [0.15, 0.2) is 101 Å². The molecule has 5 nitrogen and oxygen atoms in total. The van der Waals surface area contributed by atoms with E-state index in [9.17, 15) is 23.1 Å². The van der Waals surface area contributed by atoms with Gasteiger partial charge in [-0.05, 0) is 48.0 Å². The maximum absolute atomic E-state index is 13.6. The quantitative estimate of drug-likeness (QED) is 0.229. The Kier molecular flexibility index (Phi) is 6.59. The summed E-state index contributed by atoms with van der Waals surface area (Å²) in [6.07, 6.45) is -4.95. The average Bonchev–Trinajstić information content (AvgIpc) is 3.33. The van der Waals surface area contributed by atoms with Gasteiger partial charge < -0.3 is 14.3 Å². The van der Waals surface area contributed by atoms with Gasteiger partial charge in [-0.2, -0.15) is 13.2 Å². The molecule has 9 heteroatoms. The molecule has 5 rings (SSSR count). The molecule has 0 amide bonds. The molecule has 5 aromatic rings. The number of para-hydroxylation sites is 2. The molecule has 0 fully saturated rings. The molecule has 0 bridgehead atoms. The molecular weight excluding hydrogens is 519 g/mol. The average molecular weight is 538 g/mol. The highest BCUT2D eigenvalue weighted by atomic mass is 35.5. The molecule has 0 saturated heterocycles. The molecule has 1 N–H and O–H groups in total. The lowest BCUT2D eigenvalue weighted by molar-refractivity contribution is -0.156. The molecule has 0 radical (unpaired) electrons. The third-order valence-electron chi connectivity index (χ3n) is 6.05. The molecule has 0 aliphatic rings. The van der Waals surface area contributed by atoms with Crippen LogP contribution in [0.4, 0.5) is 13.2 Å². The van der Waals surface area contributed by atoms with Gasteiger partial charge >= 0.3 is 12.1 Å². The minimum Gasteiger partial charge on any atom is -0.478 e. The lowest BCUT2D eigenvalue weighted by Gasteiger charge is -2.32. The van der Waals surface area contributed by atoms with Crippen molar-refractivity contribution in [3.63, 3.8) is 0 Å². The number of benzene rings is 4. The predicted octanol–water partition coefficient (Wildman–Crippen LogP) is 7.77. The van der Waals surface area contributed by atoms with Gasteiger partial charge in [0, 0.05) is 17.0 Å². The van der Waals surface area contributed by atoms with Gasteiger partial charge in [0.2, 0.25) is 11.5 Å². The molecule has 38 heavy (non-hydrogen) atoms. The van der Waals surface area contributed by atoms with E-state index in [1.54, 1.807) is 54.6 Å². The lowest BCUT2D eigenvalue weighted by atomic mass is 9.85. The minimum atomic E-state index is -4.68. The van der Waals surface area contributed by atoms with E-state index < -0.39 is 23.3 Å². The number of carboxylic acid groups (broad SMARTS) is 1. The van der Waals surface area contributed by atoms with Crippen LogP contribution in [-0.4, -0.2) is 16.1 Å². The summed E-state index contributed by atoms with van der Waals surface area (Å²) in [6, 6.07) is 24.1. The van der Waals surface area contributed by atoms with Crippen LogP contribution in [0.1, 0.15) is 16.7 Å². The summed E-state index contributed by atoms with van der Waals surface area (Å²) in [4.78, 5) is 17.4. The highest BCUT2D eigenvalue weighted by molar-refractivity contribution is 6.30. The monoisotopic (exact) mass is 537 g/mol. The first kappa shape index (κ1) is 25.4. The van der Waals surface area contributed by atoms with Gasteiger partial charge in [-0.3, -0.25) is 0 Å². The standard InChI is InChI=1S/C29H19ClF3NO4/c30-21-13-14-24(22(16-21)26-34-23-11-4-5-12-25(23)37-26)38-28(27(35)36,17-18-7-2-1-3-8-18)19-9-6-10-20(15-19)29(31,32)33/h1-16H,17H2,(H,35,36). The van der Waals surface area contributed by atoms with Crippen molar-refractivity contribution in [1.82, 2.24) is 4.98 Å². The van der Waals surface area contributed by atoms with E-state index in [0.717, 1.165) is 18.2 Å². The number of hydrogen-bond donors (Lipinski definition) is 1. The van der Waals surface area contributed by atoms with Gasteiger partial charge in [-0.1, -0.05) is 66.2 Å². The largest absolute Gasteiger partial charge is 0.478 e. The molecule has 1 unspecified atom stereocenters. The van der Waals surface area contributed by atoms with Gasteiger partial charge in [0.05, 0.1) is 11.1 Å². The maximum atomic E-state index is 13.6. The van der Waals surface area contributed by atoms with Gasteiger partial charge in [0.15, 0.2) is 5.58 Å². The van der Waals surface area contributed by atoms with Crippen molar-refractivity contribution >= 4 is 28.7 Å². The number of rotatable bonds is 7. The SMILES string of the molecule is O=C(O)C(Cc1ccccc1)(Oc1ccc(Cl)cc1-c1nc2ccccc2o1)c1cccc(C(F)(F)F)c1. The number of oxazole rings is 1. The van der Waals surface area contributed by atoms with Crippen LogP contribution >= 0.6 is 11.6 Å². The first-order valence-corrected chi connectivity index (χ1v) is 11.8. The van der Waals surface area contributed by atoms with Crippen molar-refractivity contribution in [2.75, 3.05) is 0 Å². The Morgan fingerprint density at radius 3 is 2.32 bits per heavy atom. The number of ether oxygens (including phenoxy) is 1. The topological polar surface area (TPSA) is 72.6 Å². The van der Waals surface area contributed by atoms with Gasteiger partial charge in [0.1, 0.15) is 11.3 Å². The zero-order chi connectivity index (χ0) is 26.9. The Morgan fingerprint density at radius 1 is 0.895 bits per heavy atom. The van der Waals surface area contributed by atoms with Crippen molar-refractivity contribution in [2.45, 2.75) is 18.2 Å². The molecule has 1 atom stereocenters. The third-order valence-corrected chi connectivity index (χ3v) is 6.28. The summed E-state index contributed by atoms with van der Waals surface area (Å²) in [7, 11) is 0. The number of nitrogens with zero attached hydrogens (tertiary/aromatic N) is 1. The van der Waals surface area contributed by atoms with Crippen LogP contribution in [0.3, 0.4) is 0 Å². The van der Waals surface area contributed by atoms with E-state index in [2.05, 4.69) is 4.98 Å². The summed E-state index contributed by atoms with van der Waals surface area (Å²) in [5.74, 6) is -1.33. The van der Waals surface area contributed by atoms with Gasteiger partial charge in [0.25, 0.3) is 0 Å². The predicted molar refractivity (Wildman–Crippen MR) is 136 cm³/mol. The van der Waals surface area contributed by atoms with Crippen molar-refractivity contribution in [3.05, 3.63) is 119 Å². The zero-order valence-electron chi connectivity index (χ0n) is 19.6. The Balaban J connectivity index is 1.70. The number of fused-ring (bicyclic) bond motifs is 1. The number of carbonyl (C=O) groups is 1. The molecule has 1 heterocycles. The number of alkyl halides is 3. The molecule has 0 aliphatic heterocycles. The molecule has 4 aromatic carbocycles. The van der Waals surface area contributed by atoms with Crippen molar-refractivity contribution < 1.29 is 32.2 Å². The van der Waals surface area contributed by atoms with E-state index in [1.807, 2.05) is 0 Å². The number of carboxylic acids is 1. The van der Waals surface area contributed by atoms with Crippen LogP contribution in [0.2, 0.25) is 5.02 Å². The lowest BCUT2D eigenvalue weighted by Crippen LogP contribution is -2.44. The minimum absolute atomic E-state index is 0.0247. The highest BCUT2D eigenvalue weighted by Gasteiger charge is 2.45. The molecule has 1 aromatic heterocycles. The number of aromatic nitrogens is 1. The summed E-state index contributed by atoms with van der Waals surface area (Å²) >= 11 is 6.25. The normalized spacial score (nSPS) is 13.3. The maximum Gasteiger partial charge on any atom is 0.416 e. The number of aliphatic carboxylic acids is 1. The molecule has 0 spiro atoms. The Morgan fingerprint density at radius 2 is 1.61 bits per heavy atom. The van der Waals surface area contributed by atoms with Gasteiger partial charge in [-0.15, -0.1) is 0 Å². The number of halogens is 4. The second-order valence-electron chi connectivity index (χ2n) is 8.60. The molecule has 0 saturated carbocycles. The Bertz CT molecular complexity index is 1580. The second kappa shape index (κ2) is 9.87. The fraction of sp³-hybridized carbons (Fsp3) is 0.103. The third kappa shape index (κ3) is 4.95. The van der Waals surface area contributed by atoms with E-state index >= 15 is 0 Å². The van der Waals surface area contributed by atoms with Crippen molar-refractivity contribution in [2.24, 2.45) is 0 Å². The summed E-state index contributed by atoms with van der Waals surface area (Å²) < 4.78 is 53.0. The summed E-state index contributed by atoms with van der Waals surface area (Å²) in [5, 5.41) is 10.9.